The van der Waals surface area contributed by atoms with Crippen LogP contribution < -0.4 is 4.74 Å². The van der Waals surface area contributed by atoms with E-state index < -0.39 is 6.10 Å². The van der Waals surface area contributed by atoms with Crippen LogP contribution in [0.2, 0.25) is 0 Å². The van der Waals surface area contributed by atoms with E-state index in [1.165, 1.54) is 6.07 Å². The molecule has 0 aromatic heterocycles. The van der Waals surface area contributed by atoms with Gasteiger partial charge in [-0.1, -0.05) is 22.0 Å². The Labute approximate surface area is 125 Å². The fourth-order valence-electron chi connectivity index (χ4n) is 2.44. The summed E-state index contributed by atoms with van der Waals surface area (Å²) in [6.07, 6.45) is 0.399. The second kappa shape index (κ2) is 5.54. The van der Waals surface area contributed by atoms with Gasteiger partial charge in [-0.25, -0.2) is 4.39 Å². The average molecular weight is 337 g/mol. The molecule has 0 aliphatic carbocycles. The quantitative estimate of drug-likeness (QED) is 0.923. The van der Waals surface area contributed by atoms with E-state index >= 15 is 0 Å². The lowest BCUT2D eigenvalue weighted by Crippen LogP contribution is -2.04. The van der Waals surface area contributed by atoms with Crippen LogP contribution in [0.25, 0.3) is 0 Å². The van der Waals surface area contributed by atoms with Crippen molar-refractivity contribution in [2.45, 2.75) is 18.9 Å². The van der Waals surface area contributed by atoms with Crippen molar-refractivity contribution in [2.24, 2.45) is 0 Å². The molecule has 2 aromatic rings. The van der Waals surface area contributed by atoms with Crippen molar-refractivity contribution in [3.05, 3.63) is 63.4 Å². The Hall–Kier alpha value is -1.39. The molecule has 1 aliphatic rings. The lowest BCUT2D eigenvalue weighted by molar-refractivity contribution is 0.177. The second-order valence-electron chi connectivity index (χ2n) is 4.92. The first-order valence-electron chi connectivity index (χ1n) is 6.51. The normalized spacial score (nSPS) is 14.8. The van der Waals surface area contributed by atoms with E-state index in [2.05, 4.69) is 15.9 Å². The third-order valence-corrected chi connectivity index (χ3v) is 4.01. The first kappa shape index (κ1) is 13.6. The summed E-state index contributed by atoms with van der Waals surface area (Å²) in [5.74, 6) is 0.589. The van der Waals surface area contributed by atoms with Crippen molar-refractivity contribution >= 4 is 15.9 Å². The van der Waals surface area contributed by atoms with Crippen LogP contribution in [0.4, 0.5) is 4.39 Å². The zero-order valence-corrected chi connectivity index (χ0v) is 12.4. The lowest BCUT2D eigenvalue weighted by atomic mass is 9.99. The van der Waals surface area contributed by atoms with E-state index in [1.54, 1.807) is 12.1 Å². The molecule has 20 heavy (non-hydrogen) atoms. The van der Waals surface area contributed by atoms with Crippen LogP contribution in [-0.2, 0) is 12.8 Å². The maximum atomic E-state index is 13.7. The summed E-state index contributed by atoms with van der Waals surface area (Å²) in [4.78, 5) is 0. The molecule has 2 nitrogen and oxygen atoms in total. The summed E-state index contributed by atoms with van der Waals surface area (Å²) < 4.78 is 20.0. The van der Waals surface area contributed by atoms with Crippen LogP contribution in [0.1, 0.15) is 22.8 Å². The highest BCUT2D eigenvalue weighted by Gasteiger charge is 2.17. The molecule has 104 valence electrons. The maximum Gasteiger partial charge on any atom is 0.126 e. The van der Waals surface area contributed by atoms with Crippen molar-refractivity contribution in [1.29, 1.82) is 0 Å². The molecule has 4 heteroatoms. The highest BCUT2D eigenvalue weighted by Crippen LogP contribution is 2.30. The zero-order chi connectivity index (χ0) is 14.1. The van der Waals surface area contributed by atoms with E-state index in [-0.39, 0.29) is 12.2 Å². The molecule has 3 rings (SSSR count). The first-order chi connectivity index (χ1) is 9.63. The molecule has 0 saturated heterocycles. The molecule has 0 amide bonds. The van der Waals surface area contributed by atoms with Gasteiger partial charge in [-0.05, 0) is 47.0 Å². The first-order valence-corrected chi connectivity index (χ1v) is 7.30. The van der Waals surface area contributed by atoms with Crippen molar-refractivity contribution in [1.82, 2.24) is 0 Å². The van der Waals surface area contributed by atoms with Gasteiger partial charge in [0.1, 0.15) is 11.6 Å². The molecular weight excluding hydrogens is 323 g/mol. The molecule has 0 radical (unpaired) electrons. The summed E-state index contributed by atoms with van der Waals surface area (Å²) >= 11 is 3.32. The van der Waals surface area contributed by atoms with Crippen molar-refractivity contribution in [2.75, 3.05) is 6.61 Å². The maximum absolute atomic E-state index is 13.7. The fraction of sp³-hybridized carbons (Fsp3) is 0.250. The van der Waals surface area contributed by atoms with Crippen LogP contribution in [-0.4, -0.2) is 11.7 Å². The standard InChI is InChI=1S/C16H14BrFO2/c17-13-2-3-14(18)12(8-13)9-15(19)10-1-4-16-11(7-10)5-6-20-16/h1-4,7-8,15,19H,5-6,9H2. The molecule has 0 spiro atoms. The van der Waals surface area contributed by atoms with Gasteiger partial charge in [-0.15, -0.1) is 0 Å². The summed E-state index contributed by atoms with van der Waals surface area (Å²) in [5, 5.41) is 10.3. The summed E-state index contributed by atoms with van der Waals surface area (Å²) in [6.45, 7) is 0.690. The Morgan fingerprint density at radius 2 is 2.10 bits per heavy atom. The number of hydrogen-bond donors (Lipinski definition) is 1. The van der Waals surface area contributed by atoms with E-state index in [4.69, 9.17) is 4.74 Å². The summed E-state index contributed by atoms with van der Waals surface area (Å²) in [7, 11) is 0. The van der Waals surface area contributed by atoms with Gasteiger partial charge < -0.3 is 9.84 Å². The average Bonchev–Trinajstić information content (AvgIpc) is 2.90. The third-order valence-electron chi connectivity index (χ3n) is 3.52. The molecular formula is C16H14BrFO2. The molecule has 1 atom stereocenters. The molecule has 1 N–H and O–H groups in total. The van der Waals surface area contributed by atoms with Gasteiger partial charge in [0, 0.05) is 17.3 Å². The Balaban J connectivity index is 1.82. The van der Waals surface area contributed by atoms with Gasteiger partial charge in [0.05, 0.1) is 12.7 Å². The van der Waals surface area contributed by atoms with Crippen LogP contribution >= 0.6 is 15.9 Å². The molecule has 0 bridgehead atoms. The minimum Gasteiger partial charge on any atom is -0.493 e. The largest absolute Gasteiger partial charge is 0.493 e. The number of aliphatic hydroxyl groups is 1. The number of halogens is 2. The van der Waals surface area contributed by atoms with Gasteiger partial charge in [0.2, 0.25) is 0 Å². The van der Waals surface area contributed by atoms with E-state index in [0.29, 0.717) is 12.2 Å². The predicted octanol–water partition coefficient (Wildman–Crippen LogP) is 3.80. The number of aliphatic hydroxyl groups excluding tert-OH is 1. The lowest BCUT2D eigenvalue weighted by Gasteiger charge is -2.13. The zero-order valence-electron chi connectivity index (χ0n) is 10.8. The topological polar surface area (TPSA) is 29.5 Å². The van der Waals surface area contributed by atoms with E-state index in [9.17, 15) is 9.50 Å². The Morgan fingerprint density at radius 3 is 2.95 bits per heavy atom. The van der Waals surface area contributed by atoms with Crippen LogP contribution in [0.5, 0.6) is 5.75 Å². The van der Waals surface area contributed by atoms with Crippen LogP contribution in [0, 0.1) is 5.82 Å². The Bertz CT molecular complexity index is 642. The third kappa shape index (κ3) is 2.72. The van der Waals surface area contributed by atoms with Crippen molar-refractivity contribution in [3.8, 4) is 5.75 Å². The minimum absolute atomic E-state index is 0.255. The number of rotatable bonds is 3. The molecule has 2 aromatic carbocycles. The SMILES string of the molecule is OC(Cc1cc(Br)ccc1F)c1ccc2c(c1)CCO2. The molecule has 1 unspecified atom stereocenters. The van der Waals surface area contributed by atoms with Crippen LogP contribution in [0.15, 0.2) is 40.9 Å². The molecule has 0 saturated carbocycles. The van der Waals surface area contributed by atoms with E-state index in [0.717, 1.165) is 27.8 Å². The van der Waals surface area contributed by atoms with Gasteiger partial charge in [-0.3, -0.25) is 0 Å². The van der Waals surface area contributed by atoms with Crippen molar-refractivity contribution < 1.29 is 14.2 Å². The Kier molecular flexibility index (Phi) is 3.76. The number of benzene rings is 2. The van der Waals surface area contributed by atoms with Crippen molar-refractivity contribution in [3.63, 3.8) is 0 Å². The molecule has 1 heterocycles. The second-order valence-corrected chi connectivity index (χ2v) is 5.84. The van der Waals surface area contributed by atoms with E-state index in [1.807, 2.05) is 18.2 Å². The number of ether oxygens (including phenoxy) is 1. The Morgan fingerprint density at radius 1 is 1.25 bits per heavy atom. The predicted molar refractivity (Wildman–Crippen MR) is 78.4 cm³/mol. The summed E-state index contributed by atoms with van der Waals surface area (Å²) in [5.41, 5.74) is 2.41. The molecule has 1 aliphatic heterocycles. The monoisotopic (exact) mass is 336 g/mol. The van der Waals surface area contributed by atoms with Gasteiger partial charge in [0.15, 0.2) is 0 Å². The van der Waals surface area contributed by atoms with Crippen LogP contribution in [0.3, 0.4) is 0 Å². The molecule has 0 fully saturated rings. The smallest absolute Gasteiger partial charge is 0.126 e. The van der Waals surface area contributed by atoms with Gasteiger partial charge >= 0.3 is 0 Å². The summed E-state index contributed by atoms with van der Waals surface area (Å²) in [6, 6.07) is 10.4. The number of fused-ring (bicyclic) bond motifs is 1. The fourth-order valence-corrected chi connectivity index (χ4v) is 2.85. The minimum atomic E-state index is -0.718. The van der Waals surface area contributed by atoms with Gasteiger partial charge in [0.25, 0.3) is 0 Å². The number of hydrogen-bond acceptors (Lipinski definition) is 2. The highest BCUT2D eigenvalue weighted by molar-refractivity contribution is 9.10. The highest BCUT2D eigenvalue weighted by atomic mass is 79.9. The van der Waals surface area contributed by atoms with Gasteiger partial charge in [-0.2, -0.15) is 0 Å².